The lowest BCUT2D eigenvalue weighted by atomic mass is 10.0. The average Bonchev–Trinajstić information content (AvgIpc) is 2.59. The van der Waals surface area contributed by atoms with Gasteiger partial charge in [-0.05, 0) is 35.9 Å². The van der Waals surface area contributed by atoms with Crippen LogP contribution in [0.25, 0.3) is 11.1 Å². The number of para-hydroxylation sites is 3. The van der Waals surface area contributed by atoms with Crippen LogP contribution in [0.5, 0.6) is 11.5 Å². The predicted octanol–water partition coefficient (Wildman–Crippen LogP) is 5.07. The normalized spacial score (nSPS) is 11.4. The van der Waals surface area contributed by atoms with Crippen LogP contribution in [0.15, 0.2) is 66.7 Å². The summed E-state index contributed by atoms with van der Waals surface area (Å²) in [6.07, 6.45) is 0. The van der Waals surface area contributed by atoms with Crippen LogP contribution in [0.1, 0.15) is 5.56 Å². The fourth-order valence-electron chi connectivity index (χ4n) is 2.62. The lowest BCUT2D eigenvalue weighted by Crippen LogP contribution is -2.03. The summed E-state index contributed by atoms with van der Waals surface area (Å²) in [6.45, 7) is 0. The molecule has 0 spiro atoms. The highest BCUT2D eigenvalue weighted by Crippen LogP contribution is 2.46. The molecule has 22 heavy (non-hydrogen) atoms. The Morgan fingerprint density at radius 2 is 1.59 bits per heavy atom. The Balaban J connectivity index is 1.82. The van der Waals surface area contributed by atoms with Gasteiger partial charge in [-0.15, -0.1) is 0 Å². The molecule has 0 aliphatic carbocycles. The largest absolute Gasteiger partial charge is 0.453 e. The monoisotopic (exact) mass is 284 g/mol. The highest BCUT2D eigenvalue weighted by atomic mass is 16.5. The van der Waals surface area contributed by atoms with E-state index in [0.29, 0.717) is 5.56 Å². The number of benzene rings is 3. The van der Waals surface area contributed by atoms with Crippen molar-refractivity contribution in [3.63, 3.8) is 0 Å². The van der Waals surface area contributed by atoms with E-state index >= 15 is 0 Å². The molecule has 0 saturated heterocycles. The minimum Gasteiger partial charge on any atom is -0.453 e. The molecule has 0 unspecified atom stereocenters. The molecule has 0 aromatic heterocycles. The van der Waals surface area contributed by atoms with Crippen LogP contribution < -0.4 is 10.1 Å². The minimum absolute atomic E-state index is 0.656. The van der Waals surface area contributed by atoms with E-state index in [0.717, 1.165) is 34.0 Å². The van der Waals surface area contributed by atoms with Gasteiger partial charge in [0.1, 0.15) is 0 Å². The van der Waals surface area contributed by atoms with Crippen molar-refractivity contribution >= 4 is 11.4 Å². The zero-order valence-electron chi connectivity index (χ0n) is 11.7. The van der Waals surface area contributed by atoms with Gasteiger partial charge in [-0.3, -0.25) is 0 Å². The first-order valence-electron chi connectivity index (χ1n) is 7.02. The minimum atomic E-state index is 0.656. The van der Waals surface area contributed by atoms with E-state index in [1.807, 2.05) is 66.7 Å². The summed E-state index contributed by atoms with van der Waals surface area (Å²) in [5.41, 5.74) is 4.66. The van der Waals surface area contributed by atoms with Crippen LogP contribution in [0.4, 0.5) is 11.4 Å². The third-order valence-electron chi connectivity index (χ3n) is 3.72. The van der Waals surface area contributed by atoms with Gasteiger partial charge in [0.25, 0.3) is 0 Å². The maximum Gasteiger partial charge on any atom is 0.151 e. The van der Waals surface area contributed by atoms with Gasteiger partial charge < -0.3 is 10.1 Å². The van der Waals surface area contributed by atoms with E-state index in [9.17, 15) is 0 Å². The van der Waals surface area contributed by atoms with E-state index in [-0.39, 0.29) is 0 Å². The fraction of sp³-hybridized carbons (Fsp3) is 0. The van der Waals surface area contributed by atoms with Crippen molar-refractivity contribution in [1.29, 1.82) is 5.26 Å². The van der Waals surface area contributed by atoms with Crippen molar-refractivity contribution < 1.29 is 4.74 Å². The quantitative estimate of drug-likeness (QED) is 0.530. The number of nitrogens with zero attached hydrogens (tertiary/aromatic N) is 1. The summed E-state index contributed by atoms with van der Waals surface area (Å²) in [5, 5.41) is 12.4. The molecule has 1 N–H and O–H groups in total. The van der Waals surface area contributed by atoms with Crippen LogP contribution in [-0.2, 0) is 0 Å². The van der Waals surface area contributed by atoms with Gasteiger partial charge in [0, 0.05) is 5.56 Å². The Morgan fingerprint density at radius 1 is 0.818 bits per heavy atom. The number of anilines is 2. The molecule has 0 amide bonds. The molecule has 0 bridgehead atoms. The molecular weight excluding hydrogens is 272 g/mol. The Morgan fingerprint density at radius 3 is 2.41 bits per heavy atom. The van der Waals surface area contributed by atoms with Gasteiger partial charge >= 0.3 is 0 Å². The van der Waals surface area contributed by atoms with E-state index in [1.54, 1.807) is 0 Å². The molecule has 4 rings (SSSR count). The number of hydrogen-bond donors (Lipinski definition) is 1. The number of nitrogens with one attached hydrogen (secondary N) is 1. The van der Waals surface area contributed by atoms with Crippen molar-refractivity contribution in [1.82, 2.24) is 0 Å². The Bertz CT molecular complexity index is 892. The topological polar surface area (TPSA) is 45.0 Å². The summed E-state index contributed by atoms with van der Waals surface area (Å²) in [4.78, 5) is 0. The van der Waals surface area contributed by atoms with Crippen LogP contribution in [0, 0.1) is 11.3 Å². The molecular formula is C19H12N2O. The summed E-state index contributed by atoms with van der Waals surface area (Å²) in [7, 11) is 0. The third kappa shape index (κ3) is 1.99. The molecule has 104 valence electrons. The van der Waals surface area contributed by atoms with E-state index < -0.39 is 0 Å². The average molecular weight is 284 g/mol. The fourth-order valence-corrected chi connectivity index (χ4v) is 2.62. The molecule has 1 aliphatic rings. The zero-order valence-corrected chi connectivity index (χ0v) is 11.7. The lowest BCUT2D eigenvalue weighted by Gasteiger charge is -2.24. The number of ether oxygens (including phenoxy) is 1. The van der Waals surface area contributed by atoms with Crippen molar-refractivity contribution in [2.45, 2.75) is 0 Å². The first kappa shape index (κ1) is 12.5. The van der Waals surface area contributed by atoms with Crippen LogP contribution in [-0.4, -0.2) is 0 Å². The van der Waals surface area contributed by atoms with Crippen molar-refractivity contribution in [3.8, 4) is 28.7 Å². The second-order valence-corrected chi connectivity index (χ2v) is 5.09. The number of hydrogen-bond acceptors (Lipinski definition) is 3. The predicted molar refractivity (Wildman–Crippen MR) is 86.4 cm³/mol. The molecule has 3 nitrogen and oxygen atoms in total. The molecule has 0 saturated carbocycles. The van der Waals surface area contributed by atoms with E-state index in [4.69, 9.17) is 10.00 Å². The van der Waals surface area contributed by atoms with E-state index in [1.165, 1.54) is 0 Å². The third-order valence-corrected chi connectivity index (χ3v) is 3.72. The first-order chi connectivity index (χ1) is 10.8. The second-order valence-electron chi connectivity index (χ2n) is 5.09. The molecule has 3 aromatic rings. The summed E-state index contributed by atoms with van der Waals surface area (Å²) in [6, 6.07) is 23.5. The molecule has 0 atom stereocenters. The van der Waals surface area contributed by atoms with Gasteiger partial charge in [-0.1, -0.05) is 36.4 Å². The first-order valence-corrected chi connectivity index (χ1v) is 7.02. The number of rotatable bonds is 1. The Kier molecular flexibility index (Phi) is 2.80. The van der Waals surface area contributed by atoms with Crippen molar-refractivity contribution in [2.24, 2.45) is 0 Å². The SMILES string of the molecule is N#Cc1ccc(-c2cccc3c2Nc2ccccc2O3)cc1. The highest BCUT2D eigenvalue weighted by molar-refractivity contribution is 5.88. The van der Waals surface area contributed by atoms with Crippen molar-refractivity contribution in [3.05, 3.63) is 72.3 Å². The second kappa shape index (κ2) is 4.94. The molecule has 1 heterocycles. The molecule has 3 heteroatoms. The molecule has 0 radical (unpaired) electrons. The smallest absolute Gasteiger partial charge is 0.151 e. The van der Waals surface area contributed by atoms with Gasteiger partial charge in [-0.2, -0.15) is 5.26 Å². The zero-order chi connectivity index (χ0) is 14.9. The van der Waals surface area contributed by atoms with Crippen LogP contribution in [0.2, 0.25) is 0 Å². The molecule has 1 aliphatic heterocycles. The maximum absolute atomic E-state index is 8.92. The van der Waals surface area contributed by atoms with Gasteiger partial charge in [-0.25, -0.2) is 0 Å². The molecule has 0 fully saturated rings. The number of nitriles is 1. The standard InChI is InChI=1S/C19H12N2O/c20-12-13-8-10-14(11-9-13)15-4-3-7-18-19(15)21-16-5-1-2-6-17(16)22-18/h1-11,21H. The number of fused-ring (bicyclic) bond motifs is 2. The molecule has 3 aromatic carbocycles. The lowest BCUT2D eigenvalue weighted by molar-refractivity contribution is 0.481. The maximum atomic E-state index is 8.92. The summed E-state index contributed by atoms with van der Waals surface area (Å²) < 4.78 is 5.97. The Hall–Kier alpha value is -3.25. The summed E-state index contributed by atoms with van der Waals surface area (Å²) >= 11 is 0. The van der Waals surface area contributed by atoms with E-state index in [2.05, 4.69) is 11.4 Å². The van der Waals surface area contributed by atoms with Gasteiger partial charge in [0.2, 0.25) is 0 Å². The van der Waals surface area contributed by atoms with Gasteiger partial charge in [0.05, 0.1) is 23.0 Å². The van der Waals surface area contributed by atoms with Crippen LogP contribution in [0.3, 0.4) is 0 Å². The Labute approximate surface area is 128 Å². The van der Waals surface area contributed by atoms with Crippen LogP contribution >= 0.6 is 0 Å². The highest BCUT2D eigenvalue weighted by Gasteiger charge is 2.19. The summed E-state index contributed by atoms with van der Waals surface area (Å²) in [5.74, 6) is 1.63. The van der Waals surface area contributed by atoms with Crippen molar-refractivity contribution in [2.75, 3.05) is 5.32 Å². The van der Waals surface area contributed by atoms with Gasteiger partial charge in [0.15, 0.2) is 11.5 Å².